The van der Waals surface area contributed by atoms with Gasteiger partial charge in [0.25, 0.3) is 0 Å². The van der Waals surface area contributed by atoms with Crippen LogP contribution >= 0.6 is 0 Å². The molecular formula is C7H13F2N. The molecule has 0 aromatic heterocycles. The molecule has 1 saturated carbocycles. The molecule has 1 rings (SSSR count). The lowest BCUT2D eigenvalue weighted by atomic mass is 9.87. The minimum Gasteiger partial charge on any atom is -0.328 e. The highest BCUT2D eigenvalue weighted by molar-refractivity contribution is 4.75. The Hall–Kier alpha value is -0.180. The lowest BCUT2D eigenvalue weighted by Gasteiger charge is -2.24. The largest absolute Gasteiger partial charge is 0.328 e. The van der Waals surface area contributed by atoms with Crippen LogP contribution < -0.4 is 5.73 Å². The third-order valence-electron chi connectivity index (χ3n) is 2.17. The predicted molar refractivity (Wildman–Crippen MR) is 35.9 cm³/mol. The quantitative estimate of drug-likeness (QED) is 0.604. The van der Waals surface area contributed by atoms with E-state index in [-0.39, 0.29) is 12.0 Å². The number of halogens is 2. The Labute approximate surface area is 59.6 Å². The van der Waals surface area contributed by atoms with Gasteiger partial charge in [0.15, 0.2) is 0 Å². The molecule has 0 atom stereocenters. The maximum atomic E-state index is 12.0. The van der Waals surface area contributed by atoms with Crippen molar-refractivity contribution >= 4 is 0 Å². The summed E-state index contributed by atoms with van der Waals surface area (Å²) in [5, 5.41) is 0. The Morgan fingerprint density at radius 3 is 2.00 bits per heavy atom. The molecule has 0 aromatic carbocycles. The molecule has 1 fully saturated rings. The van der Waals surface area contributed by atoms with Crippen LogP contribution in [0.2, 0.25) is 0 Å². The molecule has 0 radical (unpaired) electrons. The van der Waals surface area contributed by atoms with Gasteiger partial charge in [-0.1, -0.05) is 0 Å². The Balaban J connectivity index is 2.26. The second kappa shape index (κ2) is 3.28. The SMILES string of the molecule is N[C@H]1CC[C@@H](C(F)F)CC1. The summed E-state index contributed by atoms with van der Waals surface area (Å²) in [6.07, 6.45) is 0.634. The maximum Gasteiger partial charge on any atom is 0.241 e. The highest BCUT2D eigenvalue weighted by Crippen LogP contribution is 2.27. The molecule has 0 unspecified atom stereocenters. The van der Waals surface area contributed by atoms with E-state index in [0.717, 1.165) is 12.8 Å². The second-order valence-electron chi connectivity index (χ2n) is 3.01. The maximum absolute atomic E-state index is 12.0. The van der Waals surface area contributed by atoms with Crippen LogP contribution in [0, 0.1) is 5.92 Å². The molecule has 3 heteroatoms. The summed E-state index contributed by atoms with van der Waals surface area (Å²) in [4.78, 5) is 0. The number of alkyl halides is 2. The van der Waals surface area contributed by atoms with E-state index in [1.165, 1.54) is 0 Å². The minimum absolute atomic E-state index is 0.176. The monoisotopic (exact) mass is 149 g/mol. The summed E-state index contributed by atoms with van der Waals surface area (Å²) in [7, 11) is 0. The Bertz CT molecular complexity index is 97.8. The lowest BCUT2D eigenvalue weighted by molar-refractivity contribution is 0.0533. The fraction of sp³-hybridized carbons (Fsp3) is 1.00. The fourth-order valence-electron chi connectivity index (χ4n) is 1.40. The van der Waals surface area contributed by atoms with E-state index in [4.69, 9.17) is 5.73 Å². The Kier molecular flexibility index (Phi) is 2.60. The van der Waals surface area contributed by atoms with E-state index in [1.807, 2.05) is 0 Å². The average molecular weight is 149 g/mol. The van der Waals surface area contributed by atoms with Crippen molar-refractivity contribution in [2.75, 3.05) is 0 Å². The molecule has 60 valence electrons. The van der Waals surface area contributed by atoms with Crippen molar-refractivity contribution in [2.24, 2.45) is 11.7 Å². The summed E-state index contributed by atoms with van der Waals surface area (Å²) in [5.41, 5.74) is 5.55. The van der Waals surface area contributed by atoms with Crippen LogP contribution in [-0.4, -0.2) is 12.5 Å². The van der Waals surface area contributed by atoms with Crippen LogP contribution in [0.3, 0.4) is 0 Å². The smallest absolute Gasteiger partial charge is 0.241 e. The van der Waals surface area contributed by atoms with Crippen molar-refractivity contribution in [1.82, 2.24) is 0 Å². The molecule has 0 heterocycles. The molecule has 0 saturated heterocycles. The molecule has 0 aromatic rings. The zero-order valence-corrected chi connectivity index (χ0v) is 5.89. The third-order valence-corrected chi connectivity index (χ3v) is 2.17. The number of nitrogens with two attached hydrogens (primary N) is 1. The molecule has 0 aliphatic heterocycles. The standard InChI is InChI=1S/C7H13F2N/c8-7(9)5-1-3-6(10)4-2-5/h5-7H,1-4,10H2/t5-,6+. The van der Waals surface area contributed by atoms with E-state index in [1.54, 1.807) is 0 Å². The first-order chi connectivity index (χ1) is 4.70. The number of rotatable bonds is 1. The van der Waals surface area contributed by atoms with Crippen molar-refractivity contribution in [1.29, 1.82) is 0 Å². The third kappa shape index (κ3) is 1.90. The normalized spacial score (nSPS) is 34.8. The van der Waals surface area contributed by atoms with Gasteiger partial charge in [0, 0.05) is 12.0 Å². The molecule has 0 spiro atoms. The molecule has 1 aliphatic carbocycles. The van der Waals surface area contributed by atoms with E-state index in [0.29, 0.717) is 12.8 Å². The first kappa shape index (κ1) is 7.92. The Morgan fingerprint density at radius 2 is 1.60 bits per heavy atom. The summed E-state index contributed by atoms with van der Waals surface area (Å²) < 4.78 is 24.0. The van der Waals surface area contributed by atoms with E-state index in [9.17, 15) is 8.78 Å². The number of hydrogen-bond acceptors (Lipinski definition) is 1. The highest BCUT2D eigenvalue weighted by Gasteiger charge is 2.25. The highest BCUT2D eigenvalue weighted by atomic mass is 19.3. The van der Waals surface area contributed by atoms with Gasteiger partial charge in [-0.15, -0.1) is 0 Å². The first-order valence-electron chi connectivity index (χ1n) is 3.74. The summed E-state index contributed by atoms with van der Waals surface area (Å²) in [5.74, 6) is -0.375. The van der Waals surface area contributed by atoms with Crippen molar-refractivity contribution in [3.05, 3.63) is 0 Å². The van der Waals surface area contributed by atoms with Crippen molar-refractivity contribution in [2.45, 2.75) is 38.2 Å². The zero-order valence-electron chi connectivity index (χ0n) is 5.89. The van der Waals surface area contributed by atoms with E-state index in [2.05, 4.69) is 0 Å². The van der Waals surface area contributed by atoms with Gasteiger partial charge in [0.2, 0.25) is 6.43 Å². The van der Waals surface area contributed by atoms with Gasteiger partial charge in [-0.05, 0) is 25.7 Å². The fourth-order valence-corrected chi connectivity index (χ4v) is 1.40. The van der Waals surface area contributed by atoms with Gasteiger partial charge in [-0.3, -0.25) is 0 Å². The number of hydrogen-bond donors (Lipinski definition) is 1. The summed E-state index contributed by atoms with van der Waals surface area (Å²) in [6, 6.07) is 0.176. The molecule has 0 amide bonds. The van der Waals surface area contributed by atoms with Gasteiger partial charge < -0.3 is 5.73 Å². The van der Waals surface area contributed by atoms with Crippen LogP contribution in [0.5, 0.6) is 0 Å². The van der Waals surface area contributed by atoms with Crippen molar-refractivity contribution in [3.8, 4) is 0 Å². The molecule has 10 heavy (non-hydrogen) atoms. The molecule has 0 bridgehead atoms. The lowest BCUT2D eigenvalue weighted by Crippen LogP contribution is -2.29. The van der Waals surface area contributed by atoms with Gasteiger partial charge in [-0.2, -0.15) is 0 Å². The van der Waals surface area contributed by atoms with E-state index >= 15 is 0 Å². The van der Waals surface area contributed by atoms with Crippen LogP contribution in [0.4, 0.5) is 8.78 Å². The molecule has 2 N–H and O–H groups in total. The van der Waals surface area contributed by atoms with Gasteiger partial charge in [0.1, 0.15) is 0 Å². The average Bonchev–Trinajstić information content (AvgIpc) is 1.88. The van der Waals surface area contributed by atoms with Crippen LogP contribution in [-0.2, 0) is 0 Å². The van der Waals surface area contributed by atoms with Crippen molar-refractivity contribution < 1.29 is 8.78 Å². The van der Waals surface area contributed by atoms with Crippen LogP contribution in [0.15, 0.2) is 0 Å². The van der Waals surface area contributed by atoms with Gasteiger partial charge in [-0.25, -0.2) is 8.78 Å². The second-order valence-corrected chi connectivity index (χ2v) is 3.01. The van der Waals surface area contributed by atoms with Crippen molar-refractivity contribution in [3.63, 3.8) is 0 Å². The molecule has 1 aliphatic rings. The van der Waals surface area contributed by atoms with Crippen LogP contribution in [0.25, 0.3) is 0 Å². The first-order valence-corrected chi connectivity index (χ1v) is 3.74. The van der Waals surface area contributed by atoms with Crippen LogP contribution in [0.1, 0.15) is 25.7 Å². The van der Waals surface area contributed by atoms with Gasteiger partial charge in [0.05, 0.1) is 0 Å². The summed E-state index contributed by atoms with van der Waals surface area (Å²) in [6.45, 7) is 0. The Morgan fingerprint density at radius 1 is 1.10 bits per heavy atom. The zero-order chi connectivity index (χ0) is 7.56. The van der Waals surface area contributed by atoms with Gasteiger partial charge >= 0.3 is 0 Å². The summed E-state index contributed by atoms with van der Waals surface area (Å²) >= 11 is 0. The van der Waals surface area contributed by atoms with E-state index < -0.39 is 6.43 Å². The minimum atomic E-state index is -2.13. The topological polar surface area (TPSA) is 26.0 Å². The molecule has 1 nitrogen and oxygen atoms in total. The predicted octanol–water partition coefficient (Wildman–Crippen LogP) is 1.77. The molecular weight excluding hydrogens is 136 g/mol.